The fourth-order valence-electron chi connectivity index (χ4n) is 3.61. The fourth-order valence-corrected chi connectivity index (χ4v) is 3.61. The zero-order valence-electron chi connectivity index (χ0n) is 14.4. The number of hydrogen-bond acceptors (Lipinski definition) is 5. The summed E-state index contributed by atoms with van der Waals surface area (Å²) in [5.41, 5.74) is 3.40. The largest absolute Gasteiger partial charge is 0.507 e. The van der Waals surface area contributed by atoms with Crippen LogP contribution in [0.2, 0.25) is 0 Å². The van der Waals surface area contributed by atoms with E-state index in [1.807, 2.05) is 6.07 Å². The van der Waals surface area contributed by atoms with E-state index in [0.717, 1.165) is 16.7 Å². The minimum absolute atomic E-state index is 0.0607. The first kappa shape index (κ1) is 17.0. The Morgan fingerprint density at radius 2 is 1.52 bits per heavy atom. The van der Waals surface area contributed by atoms with Crippen molar-refractivity contribution >= 4 is 5.78 Å². The average molecular weight is 362 g/mol. The smallest absolute Gasteiger partial charge is 0.201 e. The van der Waals surface area contributed by atoms with Gasteiger partial charge in [0.05, 0.1) is 11.1 Å². The average Bonchev–Trinajstić information content (AvgIpc) is 2.64. The summed E-state index contributed by atoms with van der Waals surface area (Å²) >= 11 is 0. The summed E-state index contributed by atoms with van der Waals surface area (Å²) in [5, 5.41) is 39.8. The second-order valence-electron chi connectivity index (χ2n) is 6.75. The van der Waals surface area contributed by atoms with E-state index in [4.69, 9.17) is 0 Å². The number of aromatic hydroxyl groups is 4. The minimum atomic E-state index is -0.369. The highest BCUT2D eigenvalue weighted by atomic mass is 16.3. The molecule has 0 heterocycles. The SMILES string of the molecule is O=C1c2c(O)cccc2Cc2ccc(CCc3ccc(O)c(O)c3)c(O)c21. The number of aryl methyl sites for hydroxylation is 2. The summed E-state index contributed by atoms with van der Waals surface area (Å²) in [7, 11) is 0. The second kappa shape index (κ2) is 6.36. The first-order chi connectivity index (χ1) is 13.0. The van der Waals surface area contributed by atoms with Crippen LogP contribution in [0.3, 0.4) is 0 Å². The van der Waals surface area contributed by atoms with Crippen molar-refractivity contribution in [3.8, 4) is 23.0 Å². The van der Waals surface area contributed by atoms with Gasteiger partial charge in [0.15, 0.2) is 11.5 Å². The Morgan fingerprint density at radius 1 is 0.741 bits per heavy atom. The lowest BCUT2D eigenvalue weighted by Crippen LogP contribution is -2.16. The lowest BCUT2D eigenvalue weighted by Gasteiger charge is -2.21. The van der Waals surface area contributed by atoms with Gasteiger partial charge in [0, 0.05) is 0 Å². The standard InChI is InChI=1S/C22H18O5/c23-16-9-5-12(10-18(16)25)4-6-13-7-8-15-11-14-2-1-3-17(24)19(14)22(27)20(15)21(13)26/h1-3,5,7-10,23-26H,4,6,11H2. The first-order valence-corrected chi connectivity index (χ1v) is 8.66. The predicted molar refractivity (Wildman–Crippen MR) is 99.6 cm³/mol. The molecule has 1 aliphatic rings. The third-order valence-electron chi connectivity index (χ3n) is 5.03. The van der Waals surface area contributed by atoms with Gasteiger partial charge in [-0.25, -0.2) is 0 Å². The molecule has 0 bridgehead atoms. The number of fused-ring (bicyclic) bond motifs is 2. The van der Waals surface area contributed by atoms with Crippen molar-refractivity contribution in [2.24, 2.45) is 0 Å². The van der Waals surface area contributed by atoms with Crippen LogP contribution in [0, 0.1) is 0 Å². The maximum absolute atomic E-state index is 12.9. The van der Waals surface area contributed by atoms with Crippen molar-refractivity contribution < 1.29 is 25.2 Å². The molecule has 0 fully saturated rings. The van der Waals surface area contributed by atoms with Gasteiger partial charge in [0.1, 0.15) is 11.5 Å². The van der Waals surface area contributed by atoms with E-state index in [1.165, 1.54) is 18.2 Å². The number of benzene rings is 3. The van der Waals surface area contributed by atoms with Crippen molar-refractivity contribution in [2.75, 3.05) is 0 Å². The van der Waals surface area contributed by atoms with Crippen LogP contribution in [0.1, 0.15) is 38.2 Å². The highest BCUT2D eigenvalue weighted by Crippen LogP contribution is 2.38. The summed E-state index contributed by atoms with van der Waals surface area (Å²) in [6, 6.07) is 13.2. The van der Waals surface area contributed by atoms with Gasteiger partial charge in [-0.15, -0.1) is 0 Å². The second-order valence-corrected chi connectivity index (χ2v) is 6.75. The lowest BCUT2D eigenvalue weighted by molar-refractivity contribution is 0.102. The molecule has 0 amide bonds. The predicted octanol–water partition coefficient (Wildman–Crippen LogP) is 3.43. The first-order valence-electron chi connectivity index (χ1n) is 8.66. The molecular weight excluding hydrogens is 344 g/mol. The van der Waals surface area contributed by atoms with Gasteiger partial charge in [-0.05, 0) is 59.7 Å². The molecule has 0 saturated carbocycles. The quantitative estimate of drug-likeness (QED) is 0.419. The topological polar surface area (TPSA) is 98.0 Å². The van der Waals surface area contributed by atoms with E-state index in [-0.39, 0.29) is 39.9 Å². The van der Waals surface area contributed by atoms with Gasteiger partial charge in [-0.2, -0.15) is 0 Å². The molecule has 4 rings (SSSR count). The normalized spacial score (nSPS) is 12.5. The Bertz CT molecular complexity index is 1070. The molecule has 4 N–H and O–H groups in total. The molecule has 5 heteroatoms. The molecule has 3 aromatic carbocycles. The summed E-state index contributed by atoms with van der Waals surface area (Å²) < 4.78 is 0. The Hall–Kier alpha value is -3.47. The maximum atomic E-state index is 12.9. The molecule has 0 aliphatic heterocycles. The Kier molecular flexibility index (Phi) is 4.00. The molecule has 136 valence electrons. The van der Waals surface area contributed by atoms with Crippen LogP contribution in [0.15, 0.2) is 48.5 Å². The molecule has 0 radical (unpaired) electrons. The lowest BCUT2D eigenvalue weighted by atomic mass is 9.82. The molecule has 27 heavy (non-hydrogen) atoms. The van der Waals surface area contributed by atoms with E-state index < -0.39 is 0 Å². The van der Waals surface area contributed by atoms with Crippen molar-refractivity contribution in [1.29, 1.82) is 0 Å². The van der Waals surface area contributed by atoms with Crippen LogP contribution in [0.5, 0.6) is 23.0 Å². The molecule has 5 nitrogen and oxygen atoms in total. The van der Waals surface area contributed by atoms with Crippen LogP contribution in [-0.2, 0) is 19.3 Å². The zero-order valence-corrected chi connectivity index (χ0v) is 14.4. The Morgan fingerprint density at radius 3 is 2.30 bits per heavy atom. The summed E-state index contributed by atoms with van der Waals surface area (Å²) in [6.45, 7) is 0. The van der Waals surface area contributed by atoms with Crippen molar-refractivity contribution in [3.63, 3.8) is 0 Å². The molecule has 1 aliphatic carbocycles. The van der Waals surface area contributed by atoms with Gasteiger partial charge in [0.2, 0.25) is 5.78 Å². The van der Waals surface area contributed by atoms with E-state index in [0.29, 0.717) is 24.8 Å². The number of ketones is 1. The van der Waals surface area contributed by atoms with Crippen molar-refractivity contribution in [2.45, 2.75) is 19.3 Å². The monoisotopic (exact) mass is 362 g/mol. The fraction of sp³-hybridized carbons (Fsp3) is 0.136. The van der Waals surface area contributed by atoms with E-state index in [1.54, 1.807) is 24.3 Å². The molecule has 0 atom stereocenters. The highest BCUT2D eigenvalue weighted by Gasteiger charge is 2.29. The van der Waals surface area contributed by atoms with Crippen LogP contribution in [-0.4, -0.2) is 26.2 Å². The summed E-state index contributed by atoms with van der Waals surface area (Å²) in [5.74, 6) is -0.878. The number of hydrogen-bond donors (Lipinski definition) is 4. The summed E-state index contributed by atoms with van der Waals surface area (Å²) in [4.78, 5) is 12.9. The van der Waals surface area contributed by atoms with E-state index >= 15 is 0 Å². The molecule has 0 aromatic heterocycles. The van der Waals surface area contributed by atoms with Crippen LogP contribution >= 0.6 is 0 Å². The van der Waals surface area contributed by atoms with Crippen molar-refractivity contribution in [1.82, 2.24) is 0 Å². The van der Waals surface area contributed by atoms with Gasteiger partial charge in [-0.1, -0.05) is 30.3 Å². The van der Waals surface area contributed by atoms with Gasteiger partial charge in [0.25, 0.3) is 0 Å². The summed E-state index contributed by atoms with van der Waals surface area (Å²) in [6.07, 6.45) is 1.46. The molecule has 0 spiro atoms. The molecule has 0 saturated heterocycles. The molecule has 3 aromatic rings. The number of rotatable bonds is 3. The Balaban J connectivity index is 1.65. The van der Waals surface area contributed by atoms with Gasteiger partial charge < -0.3 is 20.4 Å². The maximum Gasteiger partial charge on any atom is 0.201 e. The number of phenolic OH excluding ortho intramolecular Hbond substituents is 4. The van der Waals surface area contributed by atoms with Crippen LogP contribution < -0.4 is 0 Å². The number of phenols is 4. The molecular formula is C22H18O5. The minimum Gasteiger partial charge on any atom is -0.507 e. The van der Waals surface area contributed by atoms with Crippen LogP contribution in [0.4, 0.5) is 0 Å². The van der Waals surface area contributed by atoms with Crippen molar-refractivity contribution in [3.05, 3.63) is 81.9 Å². The third-order valence-corrected chi connectivity index (χ3v) is 5.03. The highest BCUT2D eigenvalue weighted by molar-refractivity contribution is 6.15. The van der Waals surface area contributed by atoms with E-state index in [2.05, 4.69) is 0 Å². The van der Waals surface area contributed by atoms with Gasteiger partial charge >= 0.3 is 0 Å². The number of carbonyl (C=O) groups is 1. The third kappa shape index (κ3) is 2.87. The Labute approximate surface area is 155 Å². The van der Waals surface area contributed by atoms with Crippen LogP contribution in [0.25, 0.3) is 0 Å². The molecule has 0 unspecified atom stereocenters. The van der Waals surface area contributed by atoms with E-state index in [9.17, 15) is 25.2 Å². The zero-order chi connectivity index (χ0) is 19.1. The number of carbonyl (C=O) groups excluding carboxylic acids is 1. The van der Waals surface area contributed by atoms with Gasteiger partial charge in [-0.3, -0.25) is 4.79 Å².